The minimum absolute atomic E-state index is 0.0586. The van der Waals surface area contributed by atoms with Crippen LogP contribution < -0.4 is 0 Å². The van der Waals surface area contributed by atoms with E-state index in [4.69, 9.17) is 0 Å². The second kappa shape index (κ2) is 5.92. The van der Waals surface area contributed by atoms with Crippen LogP contribution in [-0.4, -0.2) is 66.2 Å². The maximum absolute atomic E-state index is 12.5. The number of phenols is 1. The van der Waals surface area contributed by atoms with Crippen molar-refractivity contribution in [1.29, 1.82) is 0 Å². The van der Waals surface area contributed by atoms with Crippen LogP contribution >= 0.6 is 0 Å². The molecule has 0 aliphatic carbocycles. The van der Waals surface area contributed by atoms with E-state index in [-0.39, 0.29) is 10.6 Å². The van der Waals surface area contributed by atoms with Gasteiger partial charge < -0.3 is 10.2 Å². The highest BCUT2D eigenvalue weighted by atomic mass is 32.2. The van der Waals surface area contributed by atoms with Gasteiger partial charge in [-0.15, -0.1) is 0 Å². The van der Waals surface area contributed by atoms with Crippen molar-refractivity contribution in [1.82, 2.24) is 9.21 Å². The normalized spacial score (nSPS) is 18.8. The van der Waals surface area contributed by atoms with Crippen molar-refractivity contribution in [3.05, 3.63) is 24.3 Å². The Kier molecular flexibility index (Phi) is 4.57. The highest BCUT2D eigenvalue weighted by Crippen LogP contribution is 2.21. The van der Waals surface area contributed by atoms with E-state index in [1.165, 1.54) is 28.6 Å². The zero-order valence-electron chi connectivity index (χ0n) is 12.4. The summed E-state index contributed by atoms with van der Waals surface area (Å²) in [4.78, 5) is 2.16. The molecule has 7 heteroatoms. The summed E-state index contributed by atoms with van der Waals surface area (Å²) in [6.07, 6.45) is 0. The van der Waals surface area contributed by atoms with E-state index in [2.05, 4.69) is 4.90 Å². The average Bonchev–Trinajstić information content (AvgIpc) is 2.37. The second-order valence-corrected chi connectivity index (χ2v) is 7.93. The molecule has 0 saturated carbocycles. The van der Waals surface area contributed by atoms with Crippen LogP contribution in [0.4, 0.5) is 0 Å². The van der Waals surface area contributed by atoms with Gasteiger partial charge in [0.1, 0.15) is 5.75 Å². The molecule has 1 heterocycles. The first-order valence-electron chi connectivity index (χ1n) is 6.92. The van der Waals surface area contributed by atoms with Crippen LogP contribution in [0.25, 0.3) is 0 Å². The highest BCUT2D eigenvalue weighted by Gasteiger charge is 2.30. The number of aromatic hydroxyl groups is 1. The third-order valence-corrected chi connectivity index (χ3v) is 5.29. The summed E-state index contributed by atoms with van der Waals surface area (Å²) in [6.45, 7) is 5.94. The molecule has 2 N–H and O–H groups in total. The first-order valence-corrected chi connectivity index (χ1v) is 8.36. The van der Waals surface area contributed by atoms with Gasteiger partial charge in [-0.1, -0.05) is 6.07 Å². The van der Waals surface area contributed by atoms with E-state index in [0.717, 1.165) is 0 Å². The fourth-order valence-electron chi connectivity index (χ4n) is 2.47. The molecular formula is C14H22N2O4S. The van der Waals surface area contributed by atoms with E-state index in [0.29, 0.717) is 32.7 Å². The monoisotopic (exact) mass is 314 g/mol. The van der Waals surface area contributed by atoms with Crippen molar-refractivity contribution in [2.75, 3.05) is 32.7 Å². The second-order valence-electron chi connectivity index (χ2n) is 5.99. The Labute approximate surface area is 125 Å². The quantitative estimate of drug-likeness (QED) is 0.844. The molecule has 118 valence electrons. The van der Waals surface area contributed by atoms with E-state index in [1.807, 2.05) is 0 Å². The largest absolute Gasteiger partial charge is 0.508 e. The van der Waals surface area contributed by atoms with Crippen LogP contribution in [0.5, 0.6) is 5.75 Å². The van der Waals surface area contributed by atoms with Crippen LogP contribution in [0.15, 0.2) is 29.2 Å². The predicted molar refractivity (Wildman–Crippen MR) is 79.6 cm³/mol. The number of aliphatic hydroxyl groups is 1. The van der Waals surface area contributed by atoms with Crippen LogP contribution in [0.2, 0.25) is 0 Å². The molecule has 0 radical (unpaired) electrons. The van der Waals surface area contributed by atoms with Crippen molar-refractivity contribution in [2.45, 2.75) is 24.3 Å². The fourth-order valence-corrected chi connectivity index (χ4v) is 3.93. The van der Waals surface area contributed by atoms with Gasteiger partial charge in [0.15, 0.2) is 0 Å². The Morgan fingerprint density at radius 3 is 2.33 bits per heavy atom. The molecule has 0 unspecified atom stereocenters. The van der Waals surface area contributed by atoms with Gasteiger partial charge in [-0.05, 0) is 32.0 Å². The smallest absolute Gasteiger partial charge is 0.243 e. The summed E-state index contributed by atoms with van der Waals surface area (Å²) in [5.41, 5.74) is -0.785. The van der Waals surface area contributed by atoms with Crippen molar-refractivity contribution in [3.63, 3.8) is 0 Å². The van der Waals surface area contributed by atoms with Crippen LogP contribution in [-0.2, 0) is 10.0 Å². The summed E-state index contributed by atoms with van der Waals surface area (Å²) in [6, 6.07) is 5.71. The Morgan fingerprint density at radius 1 is 1.19 bits per heavy atom. The van der Waals surface area contributed by atoms with Crippen molar-refractivity contribution >= 4 is 10.0 Å². The first-order chi connectivity index (χ1) is 9.68. The number of phenolic OH excluding ortho intramolecular Hbond substituents is 1. The van der Waals surface area contributed by atoms with Gasteiger partial charge in [0.05, 0.1) is 10.5 Å². The lowest BCUT2D eigenvalue weighted by molar-refractivity contribution is 0.0263. The molecule has 1 aliphatic rings. The standard InChI is InChI=1S/C14H22N2O4S/c1-14(2,18)11-15-6-8-16(9-7-15)21(19,20)13-5-3-4-12(17)10-13/h3-5,10,17-18H,6-9,11H2,1-2H3. The van der Waals surface area contributed by atoms with Crippen LogP contribution in [0, 0.1) is 0 Å². The number of benzene rings is 1. The predicted octanol–water partition coefficient (Wildman–Crippen LogP) is 0.469. The lowest BCUT2D eigenvalue weighted by Crippen LogP contribution is -2.51. The Hall–Kier alpha value is -1.15. The lowest BCUT2D eigenvalue weighted by Gasteiger charge is -2.36. The SMILES string of the molecule is CC(C)(O)CN1CCN(S(=O)(=O)c2cccc(O)c2)CC1. The molecule has 21 heavy (non-hydrogen) atoms. The Balaban J connectivity index is 2.05. The highest BCUT2D eigenvalue weighted by molar-refractivity contribution is 7.89. The maximum Gasteiger partial charge on any atom is 0.243 e. The van der Waals surface area contributed by atoms with Gasteiger partial charge in [-0.2, -0.15) is 4.31 Å². The summed E-state index contributed by atoms with van der Waals surface area (Å²) in [5.74, 6) is -0.0586. The summed E-state index contributed by atoms with van der Waals surface area (Å²) < 4.78 is 26.4. The van der Waals surface area contributed by atoms with Crippen molar-refractivity contribution in [3.8, 4) is 5.75 Å². The molecule has 1 aromatic carbocycles. The molecule has 0 aromatic heterocycles. The first kappa shape index (κ1) is 16.2. The minimum atomic E-state index is -3.57. The van der Waals surface area contributed by atoms with Gasteiger partial charge in [0.2, 0.25) is 10.0 Å². The molecule has 0 spiro atoms. The van der Waals surface area contributed by atoms with E-state index < -0.39 is 15.6 Å². The molecule has 1 saturated heterocycles. The maximum atomic E-state index is 12.5. The molecular weight excluding hydrogens is 292 g/mol. The number of hydrogen-bond acceptors (Lipinski definition) is 5. The number of β-amino-alcohol motifs (C(OH)–C–C–N with tert-alkyl or cyclic N) is 1. The number of hydrogen-bond donors (Lipinski definition) is 2. The third-order valence-electron chi connectivity index (χ3n) is 3.40. The summed E-state index contributed by atoms with van der Waals surface area (Å²) in [5, 5.41) is 19.2. The molecule has 1 aliphatic heterocycles. The van der Waals surface area contributed by atoms with Gasteiger partial charge in [0.25, 0.3) is 0 Å². The Bertz CT molecular complexity index is 587. The van der Waals surface area contributed by atoms with E-state index in [1.54, 1.807) is 13.8 Å². The topological polar surface area (TPSA) is 81.1 Å². The number of piperazine rings is 1. The molecule has 2 rings (SSSR count). The summed E-state index contributed by atoms with van der Waals surface area (Å²) in [7, 11) is -3.57. The molecule has 0 atom stereocenters. The van der Waals surface area contributed by atoms with Crippen molar-refractivity contribution < 1.29 is 18.6 Å². The summed E-state index contributed by atoms with van der Waals surface area (Å²) >= 11 is 0. The number of rotatable bonds is 4. The van der Waals surface area contributed by atoms with Crippen LogP contribution in [0.1, 0.15) is 13.8 Å². The lowest BCUT2D eigenvalue weighted by atomic mass is 10.1. The van der Waals surface area contributed by atoms with Crippen molar-refractivity contribution in [2.24, 2.45) is 0 Å². The fraction of sp³-hybridized carbons (Fsp3) is 0.571. The average molecular weight is 314 g/mol. The van der Waals surface area contributed by atoms with E-state index in [9.17, 15) is 18.6 Å². The van der Waals surface area contributed by atoms with Gasteiger partial charge in [0, 0.05) is 32.7 Å². The molecule has 6 nitrogen and oxygen atoms in total. The molecule has 1 fully saturated rings. The minimum Gasteiger partial charge on any atom is -0.508 e. The molecule has 1 aromatic rings. The third kappa shape index (κ3) is 4.16. The zero-order valence-corrected chi connectivity index (χ0v) is 13.2. The van der Waals surface area contributed by atoms with Gasteiger partial charge >= 0.3 is 0 Å². The van der Waals surface area contributed by atoms with E-state index >= 15 is 0 Å². The molecule has 0 bridgehead atoms. The molecule has 0 amide bonds. The Morgan fingerprint density at radius 2 is 1.81 bits per heavy atom. The van der Waals surface area contributed by atoms with Crippen LogP contribution in [0.3, 0.4) is 0 Å². The number of sulfonamides is 1. The number of nitrogens with zero attached hydrogens (tertiary/aromatic N) is 2. The zero-order chi connectivity index (χ0) is 15.7. The van der Waals surface area contributed by atoms with Gasteiger partial charge in [-0.3, -0.25) is 4.90 Å². The van der Waals surface area contributed by atoms with Gasteiger partial charge in [-0.25, -0.2) is 8.42 Å².